The lowest BCUT2D eigenvalue weighted by atomic mass is 9.96. The van der Waals surface area contributed by atoms with Crippen molar-refractivity contribution < 1.29 is 0 Å². The normalized spacial score (nSPS) is 15.0. The molecule has 7 heteroatoms. The second-order valence-electron chi connectivity index (χ2n) is 10.4. The standard InChI is InChI=1S/C31H35Cl2N5/c1-22(2)15-16-34-31-27-5-3-4-6-28(27)35-29(36-31)21-37-17-19-38(20-18-37)30(23-7-11-25(32)12-8-23)24-9-13-26(33)14-10-24/h3-14,22,30H,15-21H2,1-2H3,(H,34,35,36). The molecular formula is C31H35Cl2N5. The van der Waals surface area contributed by atoms with Crippen molar-refractivity contribution in [3.05, 3.63) is 99.8 Å². The van der Waals surface area contributed by atoms with Crippen LogP contribution in [-0.4, -0.2) is 52.5 Å². The zero-order chi connectivity index (χ0) is 26.5. The molecule has 0 saturated carbocycles. The van der Waals surface area contributed by atoms with E-state index >= 15 is 0 Å². The summed E-state index contributed by atoms with van der Waals surface area (Å²) in [7, 11) is 0. The van der Waals surface area contributed by atoms with Gasteiger partial charge in [-0.25, -0.2) is 9.97 Å². The molecule has 5 rings (SSSR count). The first-order chi connectivity index (χ1) is 18.5. The van der Waals surface area contributed by atoms with Gasteiger partial charge in [-0.05, 0) is 59.9 Å². The maximum atomic E-state index is 6.20. The van der Waals surface area contributed by atoms with Crippen LogP contribution in [0.2, 0.25) is 10.0 Å². The number of para-hydroxylation sites is 1. The van der Waals surface area contributed by atoms with Crippen LogP contribution in [0.1, 0.15) is 43.3 Å². The predicted molar refractivity (Wildman–Crippen MR) is 159 cm³/mol. The minimum Gasteiger partial charge on any atom is -0.369 e. The van der Waals surface area contributed by atoms with E-state index < -0.39 is 0 Å². The zero-order valence-corrected chi connectivity index (χ0v) is 23.6. The lowest BCUT2D eigenvalue weighted by Gasteiger charge is -2.39. The van der Waals surface area contributed by atoms with E-state index in [2.05, 4.69) is 71.4 Å². The number of hydrogen-bond donors (Lipinski definition) is 1. The fourth-order valence-electron chi connectivity index (χ4n) is 5.09. The molecule has 0 spiro atoms. The number of benzene rings is 3. The van der Waals surface area contributed by atoms with Crippen molar-refractivity contribution in [2.45, 2.75) is 32.9 Å². The Morgan fingerprint density at radius 2 is 1.39 bits per heavy atom. The molecule has 0 bridgehead atoms. The maximum Gasteiger partial charge on any atom is 0.145 e. The summed E-state index contributed by atoms with van der Waals surface area (Å²) in [6.07, 6.45) is 1.11. The van der Waals surface area contributed by atoms with Crippen molar-refractivity contribution >= 4 is 39.9 Å². The Hall–Kier alpha value is -2.70. The summed E-state index contributed by atoms with van der Waals surface area (Å²) in [5.41, 5.74) is 3.47. The summed E-state index contributed by atoms with van der Waals surface area (Å²) in [5, 5.41) is 6.15. The van der Waals surface area contributed by atoms with Crippen LogP contribution in [0.15, 0.2) is 72.8 Å². The van der Waals surface area contributed by atoms with E-state index in [1.165, 1.54) is 11.1 Å². The molecule has 0 aliphatic carbocycles. The summed E-state index contributed by atoms with van der Waals surface area (Å²) < 4.78 is 0. The molecule has 3 aromatic carbocycles. The van der Waals surface area contributed by atoms with Crippen molar-refractivity contribution in [2.24, 2.45) is 5.92 Å². The summed E-state index contributed by atoms with van der Waals surface area (Å²) in [5.74, 6) is 2.46. The Labute approximate surface area is 235 Å². The van der Waals surface area contributed by atoms with Crippen LogP contribution in [0.25, 0.3) is 10.9 Å². The quantitative estimate of drug-likeness (QED) is 0.238. The van der Waals surface area contributed by atoms with E-state index in [0.717, 1.165) is 78.3 Å². The number of anilines is 1. The van der Waals surface area contributed by atoms with Crippen LogP contribution < -0.4 is 5.32 Å². The average Bonchev–Trinajstić information content (AvgIpc) is 2.92. The Kier molecular flexibility index (Phi) is 8.80. The Morgan fingerprint density at radius 1 is 0.789 bits per heavy atom. The number of aromatic nitrogens is 2. The maximum absolute atomic E-state index is 6.20. The molecule has 1 aliphatic heterocycles. The molecule has 1 N–H and O–H groups in total. The Bertz CT molecular complexity index is 1290. The highest BCUT2D eigenvalue weighted by Gasteiger charge is 2.27. The van der Waals surface area contributed by atoms with Crippen molar-refractivity contribution in [3.8, 4) is 0 Å². The van der Waals surface area contributed by atoms with Crippen LogP contribution in [0.5, 0.6) is 0 Å². The molecule has 38 heavy (non-hydrogen) atoms. The molecule has 0 atom stereocenters. The van der Waals surface area contributed by atoms with Gasteiger partial charge in [0.05, 0.1) is 18.1 Å². The van der Waals surface area contributed by atoms with Crippen molar-refractivity contribution in [1.82, 2.24) is 19.8 Å². The van der Waals surface area contributed by atoms with E-state index in [9.17, 15) is 0 Å². The first-order valence-corrected chi connectivity index (χ1v) is 14.2. The van der Waals surface area contributed by atoms with E-state index in [4.69, 9.17) is 33.2 Å². The molecule has 198 valence electrons. The fourth-order valence-corrected chi connectivity index (χ4v) is 5.35. The number of nitrogens with zero attached hydrogens (tertiary/aromatic N) is 4. The Morgan fingerprint density at radius 3 is 2.00 bits per heavy atom. The predicted octanol–water partition coefficient (Wildman–Crippen LogP) is 7.30. The SMILES string of the molecule is CC(C)CCNc1nc(CN2CCN(C(c3ccc(Cl)cc3)c3ccc(Cl)cc3)CC2)nc2ccccc12. The second-order valence-corrected chi connectivity index (χ2v) is 11.3. The number of hydrogen-bond acceptors (Lipinski definition) is 5. The van der Waals surface area contributed by atoms with Crippen molar-refractivity contribution in [1.29, 1.82) is 0 Å². The van der Waals surface area contributed by atoms with Gasteiger partial charge in [0.1, 0.15) is 11.6 Å². The molecule has 1 saturated heterocycles. The van der Waals surface area contributed by atoms with Crippen LogP contribution in [-0.2, 0) is 6.54 Å². The molecule has 5 nitrogen and oxygen atoms in total. The van der Waals surface area contributed by atoms with Gasteiger partial charge in [0.2, 0.25) is 0 Å². The van der Waals surface area contributed by atoms with Gasteiger partial charge >= 0.3 is 0 Å². The molecule has 1 fully saturated rings. The third kappa shape index (κ3) is 6.65. The number of rotatable bonds is 9. The molecule has 0 amide bonds. The highest BCUT2D eigenvalue weighted by molar-refractivity contribution is 6.30. The van der Waals surface area contributed by atoms with Crippen LogP contribution in [0.4, 0.5) is 5.82 Å². The third-order valence-electron chi connectivity index (χ3n) is 7.17. The zero-order valence-electron chi connectivity index (χ0n) is 22.1. The van der Waals surface area contributed by atoms with Gasteiger partial charge in [0.15, 0.2) is 0 Å². The fraction of sp³-hybridized carbons (Fsp3) is 0.355. The number of halogens is 2. The van der Waals surface area contributed by atoms with Crippen molar-refractivity contribution in [3.63, 3.8) is 0 Å². The molecule has 2 heterocycles. The van der Waals surface area contributed by atoms with Gasteiger partial charge in [-0.3, -0.25) is 9.80 Å². The van der Waals surface area contributed by atoms with E-state index in [1.807, 2.05) is 30.3 Å². The van der Waals surface area contributed by atoms with Gasteiger partial charge in [0.25, 0.3) is 0 Å². The molecule has 4 aromatic rings. The van der Waals surface area contributed by atoms with Gasteiger partial charge in [-0.1, -0.05) is 73.4 Å². The first-order valence-electron chi connectivity index (χ1n) is 13.4. The smallest absolute Gasteiger partial charge is 0.145 e. The number of piperazine rings is 1. The monoisotopic (exact) mass is 547 g/mol. The summed E-state index contributed by atoms with van der Waals surface area (Å²) >= 11 is 12.4. The topological polar surface area (TPSA) is 44.3 Å². The largest absolute Gasteiger partial charge is 0.369 e. The van der Waals surface area contributed by atoms with Crippen molar-refractivity contribution in [2.75, 3.05) is 38.0 Å². The van der Waals surface area contributed by atoms with Crippen LogP contribution >= 0.6 is 23.2 Å². The van der Waals surface area contributed by atoms with Gasteiger partial charge < -0.3 is 5.32 Å². The van der Waals surface area contributed by atoms with Gasteiger partial charge in [-0.2, -0.15) is 0 Å². The van der Waals surface area contributed by atoms with E-state index in [0.29, 0.717) is 5.92 Å². The van der Waals surface area contributed by atoms with E-state index in [1.54, 1.807) is 0 Å². The molecule has 0 unspecified atom stereocenters. The van der Waals surface area contributed by atoms with E-state index in [-0.39, 0.29) is 6.04 Å². The third-order valence-corrected chi connectivity index (χ3v) is 7.68. The molecular weight excluding hydrogens is 513 g/mol. The lowest BCUT2D eigenvalue weighted by molar-refractivity contribution is 0.103. The summed E-state index contributed by atoms with van der Waals surface area (Å²) in [6.45, 7) is 9.93. The second kappa shape index (κ2) is 12.4. The molecule has 1 aromatic heterocycles. The van der Waals surface area contributed by atoms with Crippen LogP contribution in [0, 0.1) is 5.92 Å². The van der Waals surface area contributed by atoms with Crippen LogP contribution in [0.3, 0.4) is 0 Å². The van der Waals surface area contributed by atoms with Gasteiger partial charge in [0, 0.05) is 48.2 Å². The lowest BCUT2D eigenvalue weighted by Crippen LogP contribution is -2.47. The average molecular weight is 549 g/mol. The highest BCUT2D eigenvalue weighted by atomic mass is 35.5. The Balaban J connectivity index is 1.30. The number of nitrogens with one attached hydrogen (secondary N) is 1. The van der Waals surface area contributed by atoms with Gasteiger partial charge in [-0.15, -0.1) is 0 Å². The summed E-state index contributed by atoms with van der Waals surface area (Å²) in [6, 6.07) is 24.8. The summed E-state index contributed by atoms with van der Waals surface area (Å²) in [4.78, 5) is 14.9. The molecule has 0 radical (unpaired) electrons. The minimum atomic E-state index is 0.153. The highest BCUT2D eigenvalue weighted by Crippen LogP contribution is 2.31. The molecule has 1 aliphatic rings. The number of fused-ring (bicyclic) bond motifs is 1. The first kappa shape index (κ1) is 26.9. The minimum absolute atomic E-state index is 0.153.